The molecule has 5 nitrogen and oxygen atoms in total. The van der Waals surface area contributed by atoms with Gasteiger partial charge in [0.25, 0.3) is 0 Å². The third-order valence-corrected chi connectivity index (χ3v) is 9.30. The highest BCUT2D eigenvalue weighted by Gasteiger charge is 2.17. The summed E-state index contributed by atoms with van der Waals surface area (Å²) in [7, 11) is 0. The number of rotatable bonds is 41. The molecule has 1 atom stereocenters. The lowest BCUT2D eigenvalue weighted by atomic mass is 10.1. The molecule has 0 amide bonds. The second-order valence-corrected chi connectivity index (χ2v) is 14.9. The van der Waals surface area contributed by atoms with Crippen LogP contribution in [0.25, 0.3) is 0 Å². The van der Waals surface area contributed by atoms with E-state index < -0.39 is 6.10 Å². The van der Waals surface area contributed by atoms with E-state index in [2.05, 4.69) is 130 Å². The van der Waals surface area contributed by atoms with Crippen LogP contribution < -0.4 is 0 Å². The maximum absolute atomic E-state index is 12.6. The highest BCUT2D eigenvalue weighted by atomic mass is 16.6. The van der Waals surface area contributed by atoms with Crippen LogP contribution in [-0.4, -0.2) is 37.9 Å². The van der Waals surface area contributed by atoms with Crippen molar-refractivity contribution in [3.8, 4) is 0 Å². The van der Waals surface area contributed by atoms with Crippen LogP contribution in [0.15, 0.2) is 109 Å². The molecule has 0 aromatic heterocycles. The normalized spacial score (nSPS) is 13.2. The zero-order chi connectivity index (χ0) is 42.1. The highest BCUT2D eigenvalue weighted by Crippen LogP contribution is 2.11. The van der Waals surface area contributed by atoms with Crippen molar-refractivity contribution in [3.05, 3.63) is 109 Å². The number of unbranched alkanes of at least 4 members (excludes halogenated alkanes) is 12. The molecule has 0 aromatic rings. The summed E-state index contributed by atoms with van der Waals surface area (Å²) in [5.74, 6) is -0.460. The third-order valence-electron chi connectivity index (χ3n) is 9.30. The van der Waals surface area contributed by atoms with E-state index in [4.69, 9.17) is 14.2 Å². The maximum Gasteiger partial charge on any atom is 0.306 e. The van der Waals surface area contributed by atoms with Crippen LogP contribution in [-0.2, 0) is 23.8 Å². The van der Waals surface area contributed by atoms with Crippen molar-refractivity contribution in [2.24, 2.45) is 0 Å². The smallest absolute Gasteiger partial charge is 0.306 e. The lowest BCUT2D eigenvalue weighted by Crippen LogP contribution is -2.30. The van der Waals surface area contributed by atoms with Crippen molar-refractivity contribution >= 4 is 11.9 Å². The first kappa shape index (κ1) is 54.6. The zero-order valence-electron chi connectivity index (χ0n) is 37.5. The van der Waals surface area contributed by atoms with Gasteiger partial charge in [-0.25, -0.2) is 0 Å². The van der Waals surface area contributed by atoms with Crippen LogP contribution in [0.2, 0.25) is 0 Å². The third kappa shape index (κ3) is 45.3. The van der Waals surface area contributed by atoms with E-state index in [0.29, 0.717) is 19.4 Å². The van der Waals surface area contributed by atoms with E-state index in [1.165, 1.54) is 32.1 Å². The zero-order valence-corrected chi connectivity index (χ0v) is 37.5. The summed E-state index contributed by atoms with van der Waals surface area (Å²) in [5, 5.41) is 0. The van der Waals surface area contributed by atoms with Crippen molar-refractivity contribution in [1.29, 1.82) is 0 Å². The van der Waals surface area contributed by atoms with E-state index >= 15 is 0 Å². The molecule has 0 aliphatic rings. The van der Waals surface area contributed by atoms with Gasteiger partial charge in [-0.15, -0.1) is 0 Å². The van der Waals surface area contributed by atoms with E-state index in [9.17, 15) is 9.59 Å². The maximum atomic E-state index is 12.6. The summed E-state index contributed by atoms with van der Waals surface area (Å²) in [6, 6.07) is 0. The molecule has 0 spiro atoms. The fourth-order valence-electron chi connectivity index (χ4n) is 5.88. The lowest BCUT2D eigenvalue weighted by Gasteiger charge is -2.18. The summed E-state index contributed by atoms with van der Waals surface area (Å²) in [5.41, 5.74) is 0. The predicted octanol–water partition coefficient (Wildman–Crippen LogP) is 15.7. The summed E-state index contributed by atoms with van der Waals surface area (Å²) in [6.07, 6.45) is 65.5. The largest absolute Gasteiger partial charge is 0.462 e. The van der Waals surface area contributed by atoms with Crippen molar-refractivity contribution in [3.63, 3.8) is 0 Å². The Morgan fingerprint density at radius 3 is 1.24 bits per heavy atom. The number of esters is 2. The Balaban J connectivity index is 4.18. The first-order chi connectivity index (χ1) is 28.6. The van der Waals surface area contributed by atoms with Gasteiger partial charge in [-0.05, 0) is 103 Å². The van der Waals surface area contributed by atoms with Gasteiger partial charge in [0.2, 0.25) is 0 Å². The molecule has 0 aromatic carbocycles. The molecule has 0 aliphatic carbocycles. The molecule has 328 valence electrons. The average Bonchev–Trinajstić information content (AvgIpc) is 3.22. The monoisotopic (exact) mass is 803 g/mol. The van der Waals surface area contributed by atoms with E-state index in [1.54, 1.807) is 0 Å². The molecule has 0 radical (unpaired) electrons. The Hall–Kier alpha value is -3.44. The predicted molar refractivity (Wildman–Crippen MR) is 251 cm³/mol. The van der Waals surface area contributed by atoms with Gasteiger partial charge in [-0.1, -0.05) is 182 Å². The molecule has 0 rings (SSSR count). The molecule has 0 saturated heterocycles. The van der Waals surface area contributed by atoms with Gasteiger partial charge < -0.3 is 14.2 Å². The van der Waals surface area contributed by atoms with E-state index in [-0.39, 0.29) is 25.2 Å². The summed E-state index contributed by atoms with van der Waals surface area (Å²) in [4.78, 5) is 25.1. The molecule has 5 heteroatoms. The Morgan fingerprint density at radius 1 is 0.397 bits per heavy atom. The Morgan fingerprint density at radius 2 is 0.776 bits per heavy atom. The second kappa shape index (κ2) is 47.9. The molecule has 0 N–H and O–H groups in total. The number of allylic oxidation sites excluding steroid dienone is 18. The van der Waals surface area contributed by atoms with Gasteiger partial charge in [0.15, 0.2) is 6.10 Å². The molecule has 1 unspecified atom stereocenters. The molecule has 0 fully saturated rings. The topological polar surface area (TPSA) is 61.8 Å². The minimum atomic E-state index is -0.566. The van der Waals surface area contributed by atoms with Gasteiger partial charge in [-0.2, -0.15) is 0 Å². The van der Waals surface area contributed by atoms with Crippen LogP contribution in [0.3, 0.4) is 0 Å². The van der Waals surface area contributed by atoms with Crippen molar-refractivity contribution in [2.75, 3.05) is 19.8 Å². The van der Waals surface area contributed by atoms with Crippen LogP contribution in [0.4, 0.5) is 0 Å². The van der Waals surface area contributed by atoms with Gasteiger partial charge in [0.1, 0.15) is 6.61 Å². The standard InChI is InChI=1S/C53H86O5/c1-4-7-10-13-15-17-19-21-23-25-27-28-30-32-34-36-38-41-43-46-52(54)57-50-51(58-53(55)47-44-40-12-9-6-3)49-56-48-45-42-39-37-35-33-31-29-26-24-22-20-18-16-14-11-8-5-2/h7-8,10-11,15-18,21-24,27-29,31,35,37,51H,4-6,9,12-14,19-20,25-26,30,32-34,36,38-50H2,1-3H3/b10-7-,11-8-,17-15-,18-16-,23-21-,24-22-,28-27-,31-29-,37-35-. The minimum absolute atomic E-state index is 0.0533. The number of ether oxygens (including phenoxy) is 3. The van der Waals surface area contributed by atoms with Crippen LogP contribution in [0.1, 0.15) is 188 Å². The molecule has 0 heterocycles. The van der Waals surface area contributed by atoms with Crippen molar-refractivity contribution in [1.82, 2.24) is 0 Å². The molecule has 0 aliphatic heterocycles. The minimum Gasteiger partial charge on any atom is -0.462 e. The summed E-state index contributed by atoms with van der Waals surface area (Å²) < 4.78 is 17.2. The number of hydrogen-bond donors (Lipinski definition) is 0. The Kier molecular flexibility index (Phi) is 45.1. The van der Waals surface area contributed by atoms with Gasteiger partial charge in [-0.3, -0.25) is 9.59 Å². The van der Waals surface area contributed by atoms with E-state index in [0.717, 1.165) is 122 Å². The quantitative estimate of drug-likeness (QED) is 0.0350. The molecular weight excluding hydrogens is 717 g/mol. The number of carbonyl (C=O) groups is 2. The summed E-state index contributed by atoms with van der Waals surface area (Å²) in [6.45, 7) is 7.39. The van der Waals surface area contributed by atoms with Gasteiger partial charge in [0.05, 0.1) is 6.61 Å². The molecule has 0 bridgehead atoms. The number of hydrogen-bond acceptors (Lipinski definition) is 5. The highest BCUT2D eigenvalue weighted by molar-refractivity contribution is 5.70. The van der Waals surface area contributed by atoms with Gasteiger partial charge in [0, 0.05) is 19.4 Å². The SMILES string of the molecule is CC/C=C\C/C=C\C/C=C\C/C=C\C/C=C\CCCCOCC(COC(=O)CCCCCCCC/C=C\C/C=C\C/C=C\C/C=C\CC)OC(=O)CCCCCCC. The Labute approximate surface area is 357 Å². The molecule has 0 saturated carbocycles. The van der Waals surface area contributed by atoms with Crippen LogP contribution in [0, 0.1) is 0 Å². The lowest BCUT2D eigenvalue weighted by molar-refractivity contribution is -0.163. The van der Waals surface area contributed by atoms with Crippen LogP contribution in [0.5, 0.6) is 0 Å². The van der Waals surface area contributed by atoms with Crippen LogP contribution >= 0.6 is 0 Å². The van der Waals surface area contributed by atoms with E-state index in [1.807, 2.05) is 0 Å². The molecule has 58 heavy (non-hydrogen) atoms. The fraction of sp³-hybridized carbons (Fsp3) is 0.623. The summed E-state index contributed by atoms with van der Waals surface area (Å²) >= 11 is 0. The first-order valence-corrected chi connectivity index (χ1v) is 23.4. The average molecular weight is 803 g/mol. The first-order valence-electron chi connectivity index (χ1n) is 23.4. The van der Waals surface area contributed by atoms with Crippen molar-refractivity contribution < 1.29 is 23.8 Å². The second-order valence-electron chi connectivity index (χ2n) is 14.9. The molecular formula is C53H86O5. The Bertz CT molecular complexity index is 1180. The number of carbonyl (C=O) groups excluding carboxylic acids is 2. The van der Waals surface area contributed by atoms with Crippen molar-refractivity contribution in [2.45, 2.75) is 194 Å². The van der Waals surface area contributed by atoms with Gasteiger partial charge >= 0.3 is 11.9 Å². The fourth-order valence-corrected chi connectivity index (χ4v) is 5.88.